The highest BCUT2D eigenvalue weighted by Crippen LogP contribution is 2.40. The van der Waals surface area contributed by atoms with Gasteiger partial charge < -0.3 is 24.5 Å². The molecule has 0 spiro atoms. The van der Waals surface area contributed by atoms with Crippen molar-refractivity contribution in [3.05, 3.63) is 53.9 Å². The number of ether oxygens (including phenoxy) is 3. The summed E-state index contributed by atoms with van der Waals surface area (Å²) < 4.78 is 21.6. The fraction of sp³-hybridized carbons (Fsp3) is 0.333. The van der Waals surface area contributed by atoms with Crippen LogP contribution in [0.1, 0.15) is 11.5 Å². The molecule has 0 saturated carbocycles. The quantitative estimate of drug-likeness (QED) is 0.520. The number of methoxy groups -OCH3 is 3. The molecule has 8 nitrogen and oxygen atoms in total. The first-order chi connectivity index (χ1) is 14.2. The fourth-order valence-corrected chi connectivity index (χ4v) is 3.08. The van der Waals surface area contributed by atoms with Crippen LogP contribution in [0.15, 0.2) is 47.0 Å². The van der Waals surface area contributed by atoms with Crippen LogP contribution < -0.4 is 19.9 Å². The van der Waals surface area contributed by atoms with Gasteiger partial charge in [-0.1, -0.05) is 35.5 Å². The lowest BCUT2D eigenvalue weighted by atomic mass is 10.1. The lowest BCUT2D eigenvalue weighted by Gasteiger charge is -2.19. The van der Waals surface area contributed by atoms with Crippen molar-refractivity contribution in [3.63, 3.8) is 0 Å². The van der Waals surface area contributed by atoms with E-state index in [-0.39, 0.29) is 12.4 Å². The van der Waals surface area contributed by atoms with Gasteiger partial charge in [-0.05, 0) is 17.7 Å². The van der Waals surface area contributed by atoms with Crippen LogP contribution in [0.2, 0.25) is 0 Å². The summed E-state index contributed by atoms with van der Waals surface area (Å²) in [6.45, 7) is 2.51. The Bertz CT molecular complexity index is 895. The standard InChI is InChI=1S/C21H26N4O4.ClH/c1-26-17-11-16(12-18(27-2)20(17)28-3)21-23-19(29-24-21)14-25(10-9-22)13-15-7-5-4-6-8-15;/h4-8,11-12H,9-10,13-14,22H2,1-3H3;1H. The third-order valence-corrected chi connectivity index (χ3v) is 4.44. The average molecular weight is 435 g/mol. The van der Waals surface area contributed by atoms with E-state index in [1.165, 1.54) is 5.56 Å². The van der Waals surface area contributed by atoms with Crippen molar-refractivity contribution in [3.8, 4) is 28.6 Å². The maximum Gasteiger partial charge on any atom is 0.241 e. The second kappa shape index (κ2) is 11.4. The summed E-state index contributed by atoms with van der Waals surface area (Å²) in [5.41, 5.74) is 7.69. The molecular weight excluding hydrogens is 408 g/mol. The van der Waals surface area contributed by atoms with Gasteiger partial charge in [0.15, 0.2) is 11.5 Å². The lowest BCUT2D eigenvalue weighted by Crippen LogP contribution is -2.28. The van der Waals surface area contributed by atoms with Gasteiger partial charge in [0, 0.05) is 25.2 Å². The minimum atomic E-state index is 0. The van der Waals surface area contributed by atoms with Crippen molar-refractivity contribution in [2.75, 3.05) is 34.4 Å². The van der Waals surface area contributed by atoms with E-state index in [0.29, 0.717) is 47.6 Å². The Balaban J connectivity index is 0.00000320. The fourth-order valence-electron chi connectivity index (χ4n) is 3.08. The maximum absolute atomic E-state index is 5.78. The Hall–Kier alpha value is -2.81. The highest BCUT2D eigenvalue weighted by atomic mass is 35.5. The summed E-state index contributed by atoms with van der Waals surface area (Å²) in [4.78, 5) is 6.71. The number of benzene rings is 2. The van der Waals surface area contributed by atoms with Crippen molar-refractivity contribution < 1.29 is 18.7 Å². The minimum Gasteiger partial charge on any atom is -0.493 e. The Labute approximate surface area is 182 Å². The van der Waals surface area contributed by atoms with Gasteiger partial charge in [0.1, 0.15) is 0 Å². The van der Waals surface area contributed by atoms with Crippen LogP contribution in [0.25, 0.3) is 11.4 Å². The number of hydrogen-bond donors (Lipinski definition) is 1. The van der Waals surface area contributed by atoms with Crippen molar-refractivity contribution in [1.82, 2.24) is 15.0 Å². The van der Waals surface area contributed by atoms with Crippen molar-refractivity contribution in [1.29, 1.82) is 0 Å². The van der Waals surface area contributed by atoms with E-state index in [9.17, 15) is 0 Å². The summed E-state index contributed by atoms with van der Waals surface area (Å²) in [7, 11) is 4.69. The zero-order valence-electron chi connectivity index (χ0n) is 17.3. The van der Waals surface area contributed by atoms with Crippen molar-refractivity contribution in [2.45, 2.75) is 13.1 Å². The third kappa shape index (κ3) is 5.63. The van der Waals surface area contributed by atoms with Crippen LogP contribution in [0.5, 0.6) is 17.2 Å². The zero-order chi connectivity index (χ0) is 20.6. The molecule has 2 N–H and O–H groups in total. The van der Waals surface area contributed by atoms with Crippen LogP contribution >= 0.6 is 12.4 Å². The molecule has 0 radical (unpaired) electrons. The monoisotopic (exact) mass is 434 g/mol. The first-order valence-electron chi connectivity index (χ1n) is 9.27. The van der Waals surface area contributed by atoms with Gasteiger partial charge in [-0.25, -0.2) is 0 Å². The Morgan fingerprint density at radius 1 is 0.967 bits per heavy atom. The maximum atomic E-state index is 5.78. The molecule has 1 heterocycles. The van der Waals surface area contributed by atoms with Crippen molar-refractivity contribution >= 4 is 12.4 Å². The predicted molar refractivity (Wildman–Crippen MR) is 116 cm³/mol. The lowest BCUT2D eigenvalue weighted by molar-refractivity contribution is 0.224. The number of aromatic nitrogens is 2. The third-order valence-electron chi connectivity index (χ3n) is 4.44. The number of halogens is 1. The predicted octanol–water partition coefficient (Wildman–Crippen LogP) is 3.15. The smallest absolute Gasteiger partial charge is 0.241 e. The van der Waals surface area contributed by atoms with E-state index >= 15 is 0 Å². The van der Waals surface area contributed by atoms with Gasteiger partial charge in [0.05, 0.1) is 27.9 Å². The number of nitrogens with zero attached hydrogens (tertiary/aromatic N) is 3. The second-order valence-corrected chi connectivity index (χ2v) is 6.41. The molecule has 0 saturated heterocycles. The molecule has 0 bridgehead atoms. The molecule has 9 heteroatoms. The first kappa shape index (κ1) is 23.5. The normalized spacial score (nSPS) is 10.6. The average Bonchev–Trinajstić information content (AvgIpc) is 3.22. The minimum absolute atomic E-state index is 0. The summed E-state index contributed by atoms with van der Waals surface area (Å²) in [5.74, 6) is 2.54. The summed E-state index contributed by atoms with van der Waals surface area (Å²) >= 11 is 0. The van der Waals surface area contributed by atoms with Gasteiger partial charge in [-0.15, -0.1) is 12.4 Å². The van der Waals surface area contributed by atoms with Gasteiger partial charge in [0.2, 0.25) is 17.5 Å². The van der Waals surface area contributed by atoms with Gasteiger partial charge in [-0.3, -0.25) is 4.90 Å². The van der Waals surface area contributed by atoms with E-state index in [1.807, 2.05) is 18.2 Å². The van der Waals surface area contributed by atoms with Gasteiger partial charge in [-0.2, -0.15) is 4.98 Å². The molecule has 0 aliphatic carbocycles. The molecule has 0 aliphatic heterocycles. The Morgan fingerprint density at radius 2 is 1.63 bits per heavy atom. The Morgan fingerprint density at radius 3 is 2.20 bits per heavy atom. The number of nitrogens with two attached hydrogens (primary N) is 1. The molecule has 30 heavy (non-hydrogen) atoms. The van der Waals surface area contributed by atoms with E-state index < -0.39 is 0 Å². The molecular formula is C21H27ClN4O4. The largest absolute Gasteiger partial charge is 0.493 e. The molecule has 0 aliphatic rings. The highest BCUT2D eigenvalue weighted by molar-refractivity contribution is 5.85. The number of hydrogen-bond acceptors (Lipinski definition) is 8. The summed E-state index contributed by atoms with van der Waals surface area (Å²) in [5, 5.41) is 4.12. The Kier molecular flexibility index (Phi) is 8.91. The topological polar surface area (TPSA) is 95.9 Å². The summed E-state index contributed by atoms with van der Waals surface area (Å²) in [6.07, 6.45) is 0. The van der Waals surface area contributed by atoms with Crippen LogP contribution in [-0.4, -0.2) is 49.5 Å². The molecule has 3 aromatic rings. The highest BCUT2D eigenvalue weighted by Gasteiger charge is 2.18. The van der Waals surface area contributed by atoms with Crippen LogP contribution in [0.4, 0.5) is 0 Å². The molecule has 162 valence electrons. The molecule has 3 rings (SSSR count). The first-order valence-corrected chi connectivity index (χ1v) is 9.27. The van der Waals surface area contributed by atoms with Crippen LogP contribution in [0, 0.1) is 0 Å². The molecule has 1 aromatic heterocycles. The van der Waals surface area contributed by atoms with E-state index in [2.05, 4.69) is 27.2 Å². The molecule has 0 amide bonds. The molecule has 2 aromatic carbocycles. The van der Waals surface area contributed by atoms with Crippen molar-refractivity contribution in [2.24, 2.45) is 5.73 Å². The summed E-state index contributed by atoms with van der Waals surface area (Å²) in [6, 6.07) is 13.8. The molecule has 0 atom stereocenters. The molecule has 0 unspecified atom stereocenters. The van der Waals surface area contributed by atoms with E-state index in [0.717, 1.165) is 13.1 Å². The van der Waals surface area contributed by atoms with Crippen LogP contribution in [0.3, 0.4) is 0 Å². The van der Waals surface area contributed by atoms with Gasteiger partial charge in [0.25, 0.3) is 0 Å². The van der Waals surface area contributed by atoms with E-state index in [4.69, 9.17) is 24.5 Å². The van der Waals surface area contributed by atoms with E-state index in [1.54, 1.807) is 33.5 Å². The second-order valence-electron chi connectivity index (χ2n) is 6.41. The SMILES string of the molecule is COc1cc(-c2noc(CN(CCN)Cc3ccccc3)n2)cc(OC)c1OC.Cl. The molecule has 0 fully saturated rings. The van der Waals surface area contributed by atoms with Crippen LogP contribution in [-0.2, 0) is 13.1 Å². The van der Waals surface area contributed by atoms with Gasteiger partial charge >= 0.3 is 0 Å². The number of rotatable bonds is 10. The zero-order valence-corrected chi connectivity index (χ0v) is 18.1.